The molecule has 0 radical (unpaired) electrons. The molecule has 0 unspecified atom stereocenters. The third kappa shape index (κ3) is 3.49. The van der Waals surface area contributed by atoms with Crippen LogP contribution in [-0.4, -0.2) is 29.1 Å². The van der Waals surface area contributed by atoms with E-state index in [0.717, 1.165) is 0 Å². The number of amides is 1. The van der Waals surface area contributed by atoms with Crippen LogP contribution in [0.4, 0.5) is 5.69 Å². The molecule has 2 aromatic rings. The highest BCUT2D eigenvalue weighted by Crippen LogP contribution is 2.23. The fourth-order valence-electron chi connectivity index (χ4n) is 1.64. The molecule has 1 aromatic carbocycles. The number of ether oxygens (including phenoxy) is 1. The van der Waals surface area contributed by atoms with Gasteiger partial charge in [-0.15, -0.1) is 0 Å². The quantitative estimate of drug-likeness (QED) is 0.906. The minimum absolute atomic E-state index is 0.0434. The van der Waals surface area contributed by atoms with E-state index in [1.165, 1.54) is 43.6 Å². The molecule has 1 aromatic heterocycles. The lowest BCUT2D eigenvalue weighted by Crippen LogP contribution is -2.16. The number of anilines is 1. The van der Waals surface area contributed by atoms with Crippen LogP contribution in [0.3, 0.4) is 0 Å². The first-order chi connectivity index (χ1) is 10.0. The maximum Gasteiger partial charge on any atom is 0.337 e. The van der Waals surface area contributed by atoms with Gasteiger partial charge < -0.3 is 15.2 Å². The molecule has 2 rings (SSSR count). The fourth-order valence-corrected chi connectivity index (χ4v) is 1.75. The molecule has 0 aliphatic carbocycles. The summed E-state index contributed by atoms with van der Waals surface area (Å²) in [6.07, 6.45) is 1.33. The number of carbonyl (C=O) groups is 2. The van der Waals surface area contributed by atoms with Gasteiger partial charge in [-0.25, -0.2) is 9.78 Å². The molecule has 6 nitrogen and oxygen atoms in total. The summed E-state index contributed by atoms with van der Waals surface area (Å²) < 4.78 is 5.02. The van der Waals surface area contributed by atoms with Gasteiger partial charge in [0.05, 0.1) is 23.4 Å². The number of nitrogens with one attached hydrogen (secondary N) is 1. The smallest absolute Gasteiger partial charge is 0.337 e. The summed E-state index contributed by atoms with van der Waals surface area (Å²) in [5.74, 6) is -1.26. The molecule has 1 heterocycles. The van der Waals surface area contributed by atoms with Crippen LogP contribution in [0.1, 0.15) is 20.8 Å². The van der Waals surface area contributed by atoms with Gasteiger partial charge in [0, 0.05) is 12.3 Å². The van der Waals surface area contributed by atoms with Gasteiger partial charge in [0.15, 0.2) is 0 Å². The van der Waals surface area contributed by atoms with Crippen molar-refractivity contribution in [3.8, 4) is 5.75 Å². The van der Waals surface area contributed by atoms with Gasteiger partial charge in [-0.05, 0) is 24.3 Å². The molecule has 0 aliphatic rings. The van der Waals surface area contributed by atoms with Crippen LogP contribution >= 0.6 is 11.6 Å². The zero-order chi connectivity index (χ0) is 15.4. The second kappa shape index (κ2) is 6.23. The van der Waals surface area contributed by atoms with Crippen molar-refractivity contribution in [1.29, 1.82) is 0 Å². The van der Waals surface area contributed by atoms with Gasteiger partial charge in [0.2, 0.25) is 0 Å². The maximum absolute atomic E-state index is 12.0. The molecule has 1 amide bonds. The summed E-state index contributed by atoms with van der Waals surface area (Å²) in [5, 5.41) is 12.0. The molecule has 108 valence electrons. The third-order valence-corrected chi connectivity index (χ3v) is 2.89. The molecule has 0 aliphatic heterocycles. The molecule has 21 heavy (non-hydrogen) atoms. The Morgan fingerprint density at radius 2 is 2.05 bits per heavy atom. The topological polar surface area (TPSA) is 88.5 Å². The van der Waals surface area contributed by atoms with Gasteiger partial charge in [0.25, 0.3) is 5.91 Å². The van der Waals surface area contributed by atoms with Crippen LogP contribution < -0.4 is 10.1 Å². The second-order valence-electron chi connectivity index (χ2n) is 4.03. The number of hydrogen-bond donors (Lipinski definition) is 2. The molecular weight excluding hydrogens is 296 g/mol. The van der Waals surface area contributed by atoms with Gasteiger partial charge >= 0.3 is 5.97 Å². The highest BCUT2D eigenvalue weighted by Gasteiger charge is 2.15. The average Bonchev–Trinajstić information content (AvgIpc) is 2.47. The van der Waals surface area contributed by atoms with Crippen LogP contribution in [-0.2, 0) is 0 Å². The zero-order valence-electron chi connectivity index (χ0n) is 11.0. The molecule has 0 saturated carbocycles. The fraction of sp³-hybridized carbons (Fsp3) is 0.0714. The van der Waals surface area contributed by atoms with Crippen molar-refractivity contribution in [3.05, 3.63) is 52.8 Å². The number of aromatic carboxylic acids is 1. The summed E-state index contributed by atoms with van der Waals surface area (Å²) in [4.78, 5) is 27.1. The van der Waals surface area contributed by atoms with E-state index >= 15 is 0 Å². The van der Waals surface area contributed by atoms with Gasteiger partial charge in [-0.1, -0.05) is 11.6 Å². The molecule has 0 atom stereocenters. The second-order valence-corrected chi connectivity index (χ2v) is 4.47. The standard InChI is InChI=1S/C14H11ClN2O4/c1-21-9-3-4-10(14(19)20)12(6-9)17-13(18)11-5-2-8(15)7-16-11/h2-7H,1H3,(H,17,18)(H,19,20). The van der Waals surface area contributed by atoms with Crippen molar-refractivity contribution in [3.63, 3.8) is 0 Å². The lowest BCUT2D eigenvalue weighted by molar-refractivity contribution is 0.0698. The number of methoxy groups -OCH3 is 1. The van der Waals surface area contributed by atoms with Crippen LogP contribution in [0.2, 0.25) is 5.02 Å². The van der Waals surface area contributed by atoms with Crippen LogP contribution in [0, 0.1) is 0 Å². The predicted octanol–water partition coefficient (Wildman–Crippen LogP) is 2.69. The van der Waals surface area contributed by atoms with Crippen LogP contribution in [0.5, 0.6) is 5.75 Å². The third-order valence-electron chi connectivity index (χ3n) is 2.67. The minimum Gasteiger partial charge on any atom is -0.497 e. The van der Waals surface area contributed by atoms with Crippen molar-refractivity contribution < 1.29 is 19.4 Å². The van der Waals surface area contributed by atoms with Gasteiger partial charge in [0.1, 0.15) is 11.4 Å². The number of carboxylic acids is 1. The Balaban J connectivity index is 2.31. The first-order valence-electron chi connectivity index (χ1n) is 5.85. The normalized spacial score (nSPS) is 10.0. The van der Waals surface area contributed by atoms with Crippen molar-refractivity contribution >= 4 is 29.2 Å². The number of halogens is 1. The number of pyridine rings is 1. The Morgan fingerprint density at radius 1 is 1.29 bits per heavy atom. The van der Waals surface area contributed by atoms with E-state index < -0.39 is 11.9 Å². The number of carboxylic acid groups (broad SMARTS) is 1. The average molecular weight is 307 g/mol. The summed E-state index contributed by atoms with van der Waals surface area (Å²) in [6.45, 7) is 0. The number of nitrogens with zero attached hydrogens (tertiary/aromatic N) is 1. The van der Waals surface area contributed by atoms with Crippen molar-refractivity contribution in [2.24, 2.45) is 0 Å². The molecule has 0 saturated heterocycles. The largest absolute Gasteiger partial charge is 0.497 e. The summed E-state index contributed by atoms with van der Waals surface area (Å²) in [5.41, 5.74) is 0.209. The first-order valence-corrected chi connectivity index (χ1v) is 6.23. The Bertz CT molecular complexity index is 686. The number of rotatable bonds is 4. The monoisotopic (exact) mass is 306 g/mol. The van der Waals surface area contributed by atoms with E-state index in [2.05, 4.69) is 10.3 Å². The predicted molar refractivity (Wildman–Crippen MR) is 77.2 cm³/mol. The van der Waals surface area contributed by atoms with Crippen LogP contribution in [0.25, 0.3) is 0 Å². The van der Waals surface area contributed by atoms with Crippen molar-refractivity contribution in [2.45, 2.75) is 0 Å². The molecule has 0 bridgehead atoms. The van der Waals surface area contributed by atoms with Crippen molar-refractivity contribution in [1.82, 2.24) is 4.98 Å². The highest BCUT2D eigenvalue weighted by molar-refractivity contribution is 6.30. The lowest BCUT2D eigenvalue weighted by Gasteiger charge is -2.10. The lowest BCUT2D eigenvalue weighted by atomic mass is 10.1. The number of aromatic nitrogens is 1. The summed E-state index contributed by atoms with van der Waals surface area (Å²) in [6, 6.07) is 7.24. The highest BCUT2D eigenvalue weighted by atomic mass is 35.5. The van der Waals surface area contributed by atoms with E-state index in [4.69, 9.17) is 21.4 Å². The first kappa shape index (κ1) is 14.8. The van der Waals surface area contributed by atoms with E-state index in [-0.39, 0.29) is 16.9 Å². The van der Waals surface area contributed by atoms with E-state index in [1.54, 1.807) is 0 Å². The number of hydrogen-bond acceptors (Lipinski definition) is 4. The van der Waals surface area contributed by atoms with Gasteiger partial charge in [-0.2, -0.15) is 0 Å². The maximum atomic E-state index is 12.0. The van der Waals surface area contributed by atoms with Gasteiger partial charge in [-0.3, -0.25) is 4.79 Å². The molecule has 2 N–H and O–H groups in total. The number of carbonyl (C=O) groups excluding carboxylic acids is 1. The summed E-state index contributed by atoms with van der Waals surface area (Å²) >= 11 is 5.69. The van der Waals surface area contributed by atoms with Crippen molar-refractivity contribution in [2.75, 3.05) is 12.4 Å². The molecule has 7 heteroatoms. The molecule has 0 fully saturated rings. The summed E-state index contributed by atoms with van der Waals surface area (Å²) in [7, 11) is 1.45. The molecular formula is C14H11ClN2O4. The Labute approximate surface area is 125 Å². The minimum atomic E-state index is -1.16. The number of benzene rings is 1. The molecule has 0 spiro atoms. The Morgan fingerprint density at radius 3 is 2.62 bits per heavy atom. The Kier molecular flexibility index (Phi) is 4.39. The Hall–Kier alpha value is -2.60. The van der Waals surface area contributed by atoms with Crippen LogP contribution in [0.15, 0.2) is 36.5 Å². The van der Waals surface area contributed by atoms with E-state index in [1.807, 2.05) is 0 Å². The SMILES string of the molecule is COc1ccc(C(=O)O)c(NC(=O)c2ccc(Cl)cn2)c1. The zero-order valence-corrected chi connectivity index (χ0v) is 11.7. The van der Waals surface area contributed by atoms with E-state index in [9.17, 15) is 9.59 Å². The van der Waals surface area contributed by atoms with E-state index in [0.29, 0.717) is 10.8 Å².